The van der Waals surface area contributed by atoms with Gasteiger partial charge in [0.05, 0.1) is 4.47 Å². The molecule has 0 aromatic carbocycles. The van der Waals surface area contributed by atoms with Crippen LogP contribution in [0.25, 0.3) is 0 Å². The van der Waals surface area contributed by atoms with Crippen LogP contribution >= 0.6 is 15.9 Å². The number of hydrogen-bond acceptors (Lipinski definition) is 3. The molecule has 0 atom stereocenters. The summed E-state index contributed by atoms with van der Waals surface area (Å²) < 4.78 is 1.08. The fourth-order valence-corrected chi connectivity index (χ4v) is 2.07. The first-order chi connectivity index (χ1) is 6.68. The molecule has 14 heavy (non-hydrogen) atoms. The van der Waals surface area contributed by atoms with Crippen LogP contribution in [0.3, 0.4) is 0 Å². The van der Waals surface area contributed by atoms with Crippen LogP contribution in [0.4, 0.5) is 5.82 Å². The second-order valence-corrected chi connectivity index (χ2v) is 4.69. The third-order valence-electron chi connectivity index (χ3n) is 2.63. The summed E-state index contributed by atoms with van der Waals surface area (Å²) in [6.07, 6.45) is 1.84. The monoisotopic (exact) mass is 255 g/mol. The summed E-state index contributed by atoms with van der Waals surface area (Å²) in [6, 6.07) is 4.64. The molecule has 0 bridgehead atoms. The predicted molar refractivity (Wildman–Crippen MR) is 61.6 cm³/mol. The molecule has 3 nitrogen and oxygen atoms in total. The van der Waals surface area contributed by atoms with Crippen LogP contribution < -0.4 is 4.90 Å². The third-order valence-corrected chi connectivity index (χ3v) is 3.25. The van der Waals surface area contributed by atoms with Crippen LogP contribution in [-0.4, -0.2) is 43.1 Å². The molecule has 1 aromatic heterocycles. The SMILES string of the molecule is CN(C)C1CN(c2ncccc2Br)C1. The number of anilines is 1. The molecule has 1 saturated heterocycles. The lowest BCUT2D eigenvalue weighted by Crippen LogP contribution is -2.57. The number of hydrogen-bond donors (Lipinski definition) is 0. The molecule has 2 heterocycles. The van der Waals surface area contributed by atoms with Crippen molar-refractivity contribution in [3.05, 3.63) is 22.8 Å². The average molecular weight is 256 g/mol. The number of halogens is 1. The smallest absolute Gasteiger partial charge is 0.142 e. The lowest BCUT2D eigenvalue weighted by atomic mass is 10.1. The van der Waals surface area contributed by atoms with Crippen LogP contribution in [-0.2, 0) is 0 Å². The van der Waals surface area contributed by atoms with Gasteiger partial charge in [0.1, 0.15) is 5.82 Å². The van der Waals surface area contributed by atoms with E-state index >= 15 is 0 Å². The summed E-state index contributed by atoms with van der Waals surface area (Å²) in [6.45, 7) is 2.14. The van der Waals surface area contributed by atoms with Crippen LogP contribution in [0, 0.1) is 0 Å². The molecule has 0 N–H and O–H groups in total. The number of likely N-dealkylation sites (N-methyl/N-ethyl adjacent to an activating group) is 1. The van der Waals surface area contributed by atoms with E-state index in [2.05, 4.69) is 44.8 Å². The van der Waals surface area contributed by atoms with Gasteiger partial charge in [-0.3, -0.25) is 0 Å². The molecule has 0 unspecified atom stereocenters. The zero-order chi connectivity index (χ0) is 10.1. The lowest BCUT2D eigenvalue weighted by Gasteiger charge is -2.43. The molecule has 1 fully saturated rings. The first-order valence-electron chi connectivity index (χ1n) is 4.70. The maximum Gasteiger partial charge on any atom is 0.142 e. The van der Waals surface area contributed by atoms with E-state index in [1.54, 1.807) is 0 Å². The molecule has 1 aliphatic rings. The first kappa shape index (κ1) is 9.93. The van der Waals surface area contributed by atoms with Crippen LogP contribution in [0.15, 0.2) is 22.8 Å². The molecule has 76 valence electrons. The summed E-state index contributed by atoms with van der Waals surface area (Å²) in [5, 5.41) is 0. The van der Waals surface area contributed by atoms with E-state index in [-0.39, 0.29) is 0 Å². The van der Waals surface area contributed by atoms with E-state index in [1.807, 2.05) is 18.3 Å². The van der Waals surface area contributed by atoms with Crippen molar-refractivity contribution in [3.8, 4) is 0 Å². The normalized spacial score (nSPS) is 17.3. The van der Waals surface area contributed by atoms with Crippen LogP contribution in [0.2, 0.25) is 0 Å². The number of pyridine rings is 1. The summed E-state index contributed by atoms with van der Waals surface area (Å²) >= 11 is 3.51. The van der Waals surface area contributed by atoms with Gasteiger partial charge in [0, 0.05) is 25.3 Å². The van der Waals surface area contributed by atoms with E-state index in [9.17, 15) is 0 Å². The molecular formula is C10H14BrN3. The van der Waals surface area contributed by atoms with Gasteiger partial charge in [-0.25, -0.2) is 4.98 Å². The number of rotatable bonds is 2. The van der Waals surface area contributed by atoms with Gasteiger partial charge >= 0.3 is 0 Å². The van der Waals surface area contributed by atoms with Crippen molar-refractivity contribution in [2.24, 2.45) is 0 Å². The minimum absolute atomic E-state index is 0.670. The van der Waals surface area contributed by atoms with Crippen molar-refractivity contribution in [2.45, 2.75) is 6.04 Å². The molecule has 0 amide bonds. The molecule has 2 rings (SSSR count). The second kappa shape index (κ2) is 3.87. The van der Waals surface area contributed by atoms with Gasteiger partial charge in [-0.2, -0.15) is 0 Å². The number of aromatic nitrogens is 1. The minimum atomic E-state index is 0.670. The summed E-state index contributed by atoms with van der Waals surface area (Å²) in [5.41, 5.74) is 0. The topological polar surface area (TPSA) is 19.4 Å². The highest BCUT2D eigenvalue weighted by Crippen LogP contribution is 2.27. The Labute approximate surface area is 92.9 Å². The van der Waals surface area contributed by atoms with E-state index < -0.39 is 0 Å². The van der Waals surface area contributed by atoms with E-state index in [0.29, 0.717) is 6.04 Å². The van der Waals surface area contributed by atoms with Crippen molar-refractivity contribution in [3.63, 3.8) is 0 Å². The van der Waals surface area contributed by atoms with Crippen LogP contribution in [0.5, 0.6) is 0 Å². The zero-order valence-corrected chi connectivity index (χ0v) is 10.0. The molecule has 0 saturated carbocycles. The van der Waals surface area contributed by atoms with Crippen molar-refractivity contribution >= 4 is 21.7 Å². The lowest BCUT2D eigenvalue weighted by molar-refractivity contribution is 0.246. The Morgan fingerprint density at radius 1 is 1.50 bits per heavy atom. The summed E-state index contributed by atoms with van der Waals surface area (Å²) in [7, 11) is 4.24. The summed E-state index contributed by atoms with van der Waals surface area (Å²) in [4.78, 5) is 8.90. The Morgan fingerprint density at radius 3 is 2.79 bits per heavy atom. The maximum atomic E-state index is 4.35. The van der Waals surface area contributed by atoms with Crippen molar-refractivity contribution in [2.75, 3.05) is 32.1 Å². The van der Waals surface area contributed by atoms with E-state index in [1.165, 1.54) is 0 Å². The van der Waals surface area contributed by atoms with Crippen molar-refractivity contribution in [1.29, 1.82) is 0 Å². The van der Waals surface area contributed by atoms with Crippen molar-refractivity contribution in [1.82, 2.24) is 9.88 Å². The molecular weight excluding hydrogens is 242 g/mol. The zero-order valence-electron chi connectivity index (χ0n) is 8.44. The van der Waals surface area contributed by atoms with Gasteiger partial charge in [-0.05, 0) is 42.2 Å². The van der Waals surface area contributed by atoms with E-state index in [4.69, 9.17) is 0 Å². The molecule has 0 radical (unpaired) electrons. The minimum Gasteiger partial charge on any atom is -0.352 e. The van der Waals surface area contributed by atoms with Gasteiger partial charge in [-0.1, -0.05) is 0 Å². The maximum absolute atomic E-state index is 4.35. The fraction of sp³-hybridized carbons (Fsp3) is 0.500. The highest BCUT2D eigenvalue weighted by Gasteiger charge is 2.29. The Bertz CT molecular complexity index is 321. The fourth-order valence-electron chi connectivity index (χ4n) is 1.56. The Hall–Kier alpha value is -0.610. The van der Waals surface area contributed by atoms with Crippen molar-refractivity contribution < 1.29 is 0 Å². The van der Waals surface area contributed by atoms with Gasteiger partial charge in [0.2, 0.25) is 0 Å². The largest absolute Gasteiger partial charge is 0.352 e. The molecule has 4 heteroatoms. The van der Waals surface area contributed by atoms with Crippen LogP contribution in [0.1, 0.15) is 0 Å². The third kappa shape index (κ3) is 1.77. The summed E-state index contributed by atoms with van der Waals surface area (Å²) in [5.74, 6) is 1.06. The van der Waals surface area contributed by atoms with Gasteiger partial charge < -0.3 is 9.80 Å². The molecule has 1 aromatic rings. The Balaban J connectivity index is 2.03. The average Bonchev–Trinajstić information content (AvgIpc) is 2.05. The Kier molecular flexibility index (Phi) is 2.74. The van der Waals surface area contributed by atoms with Gasteiger partial charge in [0.25, 0.3) is 0 Å². The number of nitrogens with zero attached hydrogens (tertiary/aromatic N) is 3. The standard InChI is InChI=1S/C10H14BrN3/c1-13(2)8-6-14(7-8)10-9(11)4-3-5-12-10/h3-5,8H,6-7H2,1-2H3. The molecule has 0 aliphatic carbocycles. The molecule has 0 spiro atoms. The highest BCUT2D eigenvalue weighted by atomic mass is 79.9. The van der Waals surface area contributed by atoms with Gasteiger partial charge in [-0.15, -0.1) is 0 Å². The highest BCUT2D eigenvalue weighted by molar-refractivity contribution is 9.10. The Morgan fingerprint density at radius 2 is 2.21 bits per heavy atom. The van der Waals surface area contributed by atoms with E-state index in [0.717, 1.165) is 23.4 Å². The first-order valence-corrected chi connectivity index (χ1v) is 5.49. The quantitative estimate of drug-likeness (QED) is 0.801. The van der Waals surface area contributed by atoms with Gasteiger partial charge in [0.15, 0.2) is 0 Å². The molecule has 1 aliphatic heterocycles. The predicted octanol–water partition coefficient (Wildman–Crippen LogP) is 1.59. The second-order valence-electron chi connectivity index (χ2n) is 3.83.